The van der Waals surface area contributed by atoms with Gasteiger partial charge in [0, 0.05) is 26.1 Å². The Kier molecular flexibility index (Phi) is 3.12. The van der Waals surface area contributed by atoms with Gasteiger partial charge in [0.1, 0.15) is 5.75 Å². The van der Waals surface area contributed by atoms with E-state index in [1.807, 2.05) is 6.20 Å². The summed E-state index contributed by atoms with van der Waals surface area (Å²) in [5, 5.41) is 8.32. The van der Waals surface area contributed by atoms with E-state index < -0.39 is 0 Å². The zero-order valence-corrected chi connectivity index (χ0v) is 13.0. The number of piperidine rings is 1. The van der Waals surface area contributed by atoms with E-state index in [0.717, 1.165) is 50.5 Å². The molecule has 0 radical (unpaired) electrons. The summed E-state index contributed by atoms with van der Waals surface area (Å²) in [6, 6.07) is 6.89. The first-order valence-corrected chi connectivity index (χ1v) is 8.34. The molecule has 6 nitrogen and oxygen atoms in total. The maximum absolute atomic E-state index is 5.98. The van der Waals surface area contributed by atoms with Crippen molar-refractivity contribution in [3.8, 4) is 5.75 Å². The average molecular weight is 312 g/mol. The van der Waals surface area contributed by atoms with Gasteiger partial charge in [-0.3, -0.25) is 4.90 Å². The maximum Gasteiger partial charge on any atom is 0.122 e. The summed E-state index contributed by atoms with van der Waals surface area (Å²) in [7, 11) is 0. The fourth-order valence-corrected chi connectivity index (χ4v) is 3.98. The maximum atomic E-state index is 5.98. The van der Waals surface area contributed by atoms with E-state index in [1.54, 1.807) is 0 Å². The van der Waals surface area contributed by atoms with E-state index in [4.69, 9.17) is 9.47 Å². The second-order valence-corrected chi connectivity index (χ2v) is 6.65. The molecule has 0 aliphatic carbocycles. The monoisotopic (exact) mass is 312 g/mol. The smallest absolute Gasteiger partial charge is 0.122 e. The number of benzene rings is 1. The molecule has 0 spiro atoms. The number of hydrogen-bond acceptors (Lipinski definition) is 5. The molecule has 0 saturated carbocycles. The topological polar surface area (TPSA) is 52.4 Å². The Hall–Kier alpha value is -1.92. The van der Waals surface area contributed by atoms with Crippen LogP contribution in [0.5, 0.6) is 5.75 Å². The Morgan fingerprint density at radius 2 is 2.30 bits per heavy atom. The molecule has 4 heterocycles. The summed E-state index contributed by atoms with van der Waals surface area (Å²) in [6.45, 7) is 4.46. The van der Waals surface area contributed by atoms with E-state index >= 15 is 0 Å². The van der Waals surface area contributed by atoms with E-state index in [1.165, 1.54) is 11.1 Å². The highest BCUT2D eigenvalue weighted by Gasteiger charge is 2.36. The summed E-state index contributed by atoms with van der Waals surface area (Å²) < 4.78 is 13.6. The Labute approximate surface area is 135 Å². The Bertz CT molecular complexity index is 729. The van der Waals surface area contributed by atoms with Crippen molar-refractivity contribution in [2.75, 3.05) is 19.7 Å². The lowest BCUT2D eigenvalue weighted by atomic mass is 9.99. The number of aromatic nitrogens is 3. The molecule has 2 atom stereocenters. The van der Waals surface area contributed by atoms with Crippen molar-refractivity contribution in [3.05, 3.63) is 41.2 Å². The van der Waals surface area contributed by atoms with Gasteiger partial charge in [0.05, 0.1) is 37.3 Å². The second-order valence-electron chi connectivity index (χ2n) is 6.65. The number of likely N-dealkylation sites (tertiary alicyclic amines) is 1. The van der Waals surface area contributed by atoms with Crippen molar-refractivity contribution in [2.45, 2.75) is 38.1 Å². The van der Waals surface area contributed by atoms with Gasteiger partial charge in [-0.25, -0.2) is 4.68 Å². The van der Waals surface area contributed by atoms with Crippen molar-refractivity contribution in [2.24, 2.45) is 0 Å². The first kappa shape index (κ1) is 13.5. The molecule has 120 valence electrons. The van der Waals surface area contributed by atoms with Crippen molar-refractivity contribution in [1.29, 1.82) is 0 Å². The standard InChI is InChI=1S/C17H20N4O2/c1-2-16-13(4-6-22-16)7-12(1)9-20-5-3-17-15(10-20)21-14(11-23-17)8-18-19-21/h1-2,7-8,15,17H,3-6,9-11H2/t15-,17+/m0/s1. The number of nitrogens with zero attached hydrogens (tertiary/aromatic N) is 4. The van der Waals surface area contributed by atoms with Gasteiger partial charge in [-0.1, -0.05) is 17.3 Å². The summed E-state index contributed by atoms with van der Waals surface area (Å²) >= 11 is 0. The van der Waals surface area contributed by atoms with Crippen LogP contribution in [0, 0.1) is 0 Å². The molecule has 2 aromatic rings. The lowest BCUT2D eigenvalue weighted by molar-refractivity contribution is -0.0669. The molecule has 0 unspecified atom stereocenters. The first-order valence-electron chi connectivity index (χ1n) is 8.34. The largest absolute Gasteiger partial charge is 0.493 e. The number of hydrogen-bond donors (Lipinski definition) is 0. The quantitative estimate of drug-likeness (QED) is 0.842. The fourth-order valence-electron chi connectivity index (χ4n) is 3.98. The zero-order valence-electron chi connectivity index (χ0n) is 13.0. The molecule has 23 heavy (non-hydrogen) atoms. The number of fused-ring (bicyclic) bond motifs is 4. The van der Waals surface area contributed by atoms with Crippen molar-refractivity contribution in [1.82, 2.24) is 19.9 Å². The van der Waals surface area contributed by atoms with Crippen LogP contribution in [0.25, 0.3) is 0 Å². The van der Waals surface area contributed by atoms with E-state index in [-0.39, 0.29) is 12.1 Å². The molecular weight excluding hydrogens is 292 g/mol. The average Bonchev–Trinajstić information content (AvgIpc) is 3.23. The number of ether oxygens (including phenoxy) is 2. The van der Waals surface area contributed by atoms with Crippen molar-refractivity contribution in [3.63, 3.8) is 0 Å². The summed E-state index contributed by atoms with van der Waals surface area (Å²) in [5.41, 5.74) is 3.79. The molecule has 6 heteroatoms. The van der Waals surface area contributed by atoms with E-state index in [2.05, 4.69) is 38.1 Å². The highest BCUT2D eigenvalue weighted by Crippen LogP contribution is 2.31. The highest BCUT2D eigenvalue weighted by molar-refractivity contribution is 5.39. The van der Waals surface area contributed by atoms with Crippen LogP contribution in [0.3, 0.4) is 0 Å². The molecule has 3 aliphatic rings. The lowest BCUT2D eigenvalue weighted by Crippen LogP contribution is -2.47. The van der Waals surface area contributed by atoms with Crippen LogP contribution in [-0.4, -0.2) is 45.7 Å². The fraction of sp³-hybridized carbons (Fsp3) is 0.529. The van der Waals surface area contributed by atoms with Crippen LogP contribution in [0.4, 0.5) is 0 Å². The summed E-state index contributed by atoms with van der Waals surface area (Å²) in [4.78, 5) is 2.50. The van der Waals surface area contributed by atoms with Gasteiger partial charge in [0.2, 0.25) is 0 Å². The zero-order chi connectivity index (χ0) is 15.2. The van der Waals surface area contributed by atoms with Crippen LogP contribution in [0.1, 0.15) is 29.3 Å². The molecule has 1 aromatic carbocycles. The summed E-state index contributed by atoms with van der Waals surface area (Å²) in [5.74, 6) is 1.06. The molecule has 1 aromatic heterocycles. The third-order valence-corrected chi connectivity index (χ3v) is 5.17. The Morgan fingerprint density at radius 3 is 3.30 bits per heavy atom. The molecule has 0 bridgehead atoms. The van der Waals surface area contributed by atoms with Gasteiger partial charge in [-0.05, 0) is 23.6 Å². The van der Waals surface area contributed by atoms with Gasteiger partial charge >= 0.3 is 0 Å². The minimum atomic E-state index is 0.272. The molecule has 1 saturated heterocycles. The SMILES string of the molecule is c1cc2c(cc1CN1CC[C@H]3OCc4cnnn4[C@H]3C1)CCO2. The van der Waals surface area contributed by atoms with Crippen LogP contribution >= 0.6 is 0 Å². The van der Waals surface area contributed by atoms with Gasteiger partial charge in [-0.2, -0.15) is 0 Å². The molecule has 0 N–H and O–H groups in total. The second kappa shape index (κ2) is 5.32. The predicted molar refractivity (Wildman–Crippen MR) is 83.2 cm³/mol. The molecule has 3 aliphatic heterocycles. The lowest BCUT2D eigenvalue weighted by Gasteiger charge is -2.41. The Morgan fingerprint density at radius 1 is 1.30 bits per heavy atom. The molecular formula is C17H20N4O2. The normalized spacial score (nSPS) is 26.3. The highest BCUT2D eigenvalue weighted by atomic mass is 16.5. The third kappa shape index (κ3) is 2.33. The van der Waals surface area contributed by atoms with Crippen LogP contribution < -0.4 is 4.74 Å². The van der Waals surface area contributed by atoms with E-state index in [9.17, 15) is 0 Å². The molecule has 1 fully saturated rings. The van der Waals surface area contributed by atoms with Gasteiger partial charge in [0.25, 0.3) is 0 Å². The predicted octanol–water partition coefficient (Wildman–Crippen LogP) is 1.56. The summed E-state index contributed by atoms with van der Waals surface area (Å²) in [6.07, 6.45) is 4.17. The number of rotatable bonds is 2. The van der Waals surface area contributed by atoms with E-state index in [0.29, 0.717) is 6.61 Å². The first-order chi connectivity index (χ1) is 11.4. The van der Waals surface area contributed by atoms with Crippen LogP contribution in [0.2, 0.25) is 0 Å². The van der Waals surface area contributed by atoms with Gasteiger partial charge < -0.3 is 9.47 Å². The van der Waals surface area contributed by atoms with Gasteiger partial charge in [-0.15, -0.1) is 5.10 Å². The minimum Gasteiger partial charge on any atom is -0.493 e. The Balaban J connectivity index is 1.33. The van der Waals surface area contributed by atoms with Crippen LogP contribution in [0.15, 0.2) is 24.4 Å². The molecule has 5 rings (SSSR count). The van der Waals surface area contributed by atoms with Crippen molar-refractivity contribution < 1.29 is 9.47 Å². The molecule has 0 amide bonds. The van der Waals surface area contributed by atoms with Gasteiger partial charge in [0.15, 0.2) is 0 Å². The minimum absolute atomic E-state index is 0.272. The van der Waals surface area contributed by atoms with Crippen LogP contribution in [-0.2, 0) is 24.3 Å². The third-order valence-electron chi connectivity index (χ3n) is 5.17. The van der Waals surface area contributed by atoms with Crippen molar-refractivity contribution >= 4 is 0 Å².